The second-order valence-corrected chi connectivity index (χ2v) is 8.43. The van der Waals surface area contributed by atoms with Gasteiger partial charge in [-0.15, -0.1) is 0 Å². The van der Waals surface area contributed by atoms with Gasteiger partial charge in [0, 0.05) is 18.8 Å². The normalized spacial score (nSPS) is 21.8. The van der Waals surface area contributed by atoms with Crippen LogP contribution >= 0.6 is 0 Å². The molecule has 0 aliphatic carbocycles. The molecule has 1 saturated heterocycles. The minimum Gasteiger partial charge on any atom is -0.481 e. The van der Waals surface area contributed by atoms with Crippen LogP contribution in [0.3, 0.4) is 0 Å². The van der Waals surface area contributed by atoms with Crippen LogP contribution in [0.25, 0.3) is 0 Å². The van der Waals surface area contributed by atoms with Crippen LogP contribution in [-0.4, -0.2) is 48.4 Å². The Hall–Kier alpha value is -3.66. The number of rotatable bonds is 9. The molecule has 2 heterocycles. The van der Waals surface area contributed by atoms with E-state index in [2.05, 4.69) is 15.3 Å². The first-order valence-electron chi connectivity index (χ1n) is 11.3. The van der Waals surface area contributed by atoms with E-state index in [0.717, 1.165) is 16.8 Å². The molecule has 5 atom stereocenters. The Morgan fingerprint density at radius 3 is 2.49 bits per heavy atom. The molecular formula is C26H27FN4O4. The molecule has 3 aromatic rings. The molecule has 5 unspecified atom stereocenters. The predicted octanol–water partition coefficient (Wildman–Crippen LogP) is 3.10. The molecule has 0 spiro atoms. The van der Waals surface area contributed by atoms with E-state index in [0.29, 0.717) is 0 Å². The van der Waals surface area contributed by atoms with E-state index in [1.54, 1.807) is 24.5 Å². The van der Waals surface area contributed by atoms with Gasteiger partial charge in [0.15, 0.2) is 0 Å². The van der Waals surface area contributed by atoms with Crippen molar-refractivity contribution in [2.45, 2.75) is 43.3 Å². The smallest absolute Gasteiger partial charge is 0.305 e. The van der Waals surface area contributed by atoms with Crippen LogP contribution < -0.4 is 5.32 Å². The molecule has 1 aliphatic rings. The molecule has 1 aliphatic heterocycles. The third kappa shape index (κ3) is 6.07. The van der Waals surface area contributed by atoms with Gasteiger partial charge in [-0.25, -0.2) is 14.4 Å². The van der Waals surface area contributed by atoms with Crippen LogP contribution in [0.15, 0.2) is 85.5 Å². The van der Waals surface area contributed by atoms with E-state index in [4.69, 9.17) is 5.11 Å². The number of hydrogen-bond donors (Lipinski definition) is 4. The number of halogens is 1. The van der Waals surface area contributed by atoms with Gasteiger partial charge in [0.2, 0.25) is 0 Å². The lowest BCUT2D eigenvalue weighted by atomic mass is 9.97. The minimum atomic E-state index is -1.17. The van der Waals surface area contributed by atoms with Crippen molar-refractivity contribution in [3.05, 3.63) is 108 Å². The Kier molecular flexibility index (Phi) is 7.81. The number of nitrogens with zero attached hydrogens (tertiary/aromatic N) is 3. The predicted molar refractivity (Wildman–Crippen MR) is 126 cm³/mol. The van der Waals surface area contributed by atoms with Crippen molar-refractivity contribution in [3.63, 3.8) is 0 Å². The first kappa shape index (κ1) is 24.5. The molecule has 4 rings (SSSR count). The zero-order chi connectivity index (χ0) is 24.8. The van der Waals surface area contributed by atoms with Gasteiger partial charge in [-0.2, -0.15) is 0 Å². The molecule has 0 bridgehead atoms. The SMILES string of the molecule is O=C(O)CC(O)CC(O)C=CN1C(c2ccccc2)NC(c2ccncn2)C1c1ccc(F)cc1. The highest BCUT2D eigenvalue weighted by molar-refractivity contribution is 5.67. The third-order valence-electron chi connectivity index (χ3n) is 5.93. The van der Waals surface area contributed by atoms with E-state index in [9.17, 15) is 19.4 Å². The molecular weight excluding hydrogens is 451 g/mol. The lowest BCUT2D eigenvalue weighted by molar-refractivity contribution is -0.139. The second kappa shape index (κ2) is 11.2. The maximum absolute atomic E-state index is 13.7. The topological polar surface area (TPSA) is 119 Å². The van der Waals surface area contributed by atoms with E-state index >= 15 is 0 Å². The summed E-state index contributed by atoms with van der Waals surface area (Å²) in [6, 6.07) is 17.2. The molecule has 1 aromatic heterocycles. The van der Waals surface area contributed by atoms with Gasteiger partial charge in [-0.1, -0.05) is 42.5 Å². The lowest BCUT2D eigenvalue weighted by Crippen LogP contribution is -2.25. The van der Waals surface area contributed by atoms with E-state index in [1.807, 2.05) is 41.3 Å². The van der Waals surface area contributed by atoms with Crippen molar-refractivity contribution in [2.24, 2.45) is 0 Å². The first-order valence-corrected chi connectivity index (χ1v) is 11.3. The molecule has 1 fully saturated rings. The number of benzene rings is 2. The summed E-state index contributed by atoms with van der Waals surface area (Å²) in [5, 5.41) is 32.9. The Morgan fingerprint density at radius 2 is 1.83 bits per heavy atom. The average Bonchev–Trinajstić information content (AvgIpc) is 3.23. The van der Waals surface area contributed by atoms with Gasteiger partial charge < -0.3 is 20.2 Å². The van der Waals surface area contributed by atoms with Gasteiger partial charge in [-0.3, -0.25) is 10.1 Å². The molecule has 0 radical (unpaired) electrons. The van der Waals surface area contributed by atoms with Crippen molar-refractivity contribution in [1.29, 1.82) is 0 Å². The van der Waals surface area contributed by atoms with E-state index < -0.39 is 24.6 Å². The summed E-state index contributed by atoms with van der Waals surface area (Å²) in [5.74, 6) is -1.48. The highest BCUT2D eigenvalue weighted by Crippen LogP contribution is 2.45. The van der Waals surface area contributed by atoms with Crippen LogP contribution in [0.5, 0.6) is 0 Å². The second-order valence-electron chi connectivity index (χ2n) is 8.43. The van der Waals surface area contributed by atoms with Crippen molar-refractivity contribution in [2.75, 3.05) is 0 Å². The van der Waals surface area contributed by atoms with Crippen LogP contribution in [-0.2, 0) is 4.79 Å². The lowest BCUT2D eigenvalue weighted by Gasteiger charge is -2.30. The Balaban J connectivity index is 1.71. The number of carboxylic acids is 1. The number of nitrogens with one attached hydrogen (secondary N) is 1. The Bertz CT molecular complexity index is 1130. The summed E-state index contributed by atoms with van der Waals surface area (Å²) in [5.41, 5.74) is 2.57. The molecule has 2 aromatic carbocycles. The van der Waals surface area contributed by atoms with Crippen molar-refractivity contribution >= 4 is 5.97 Å². The van der Waals surface area contributed by atoms with Crippen molar-refractivity contribution < 1.29 is 24.5 Å². The minimum absolute atomic E-state index is 0.114. The number of hydrogen-bond acceptors (Lipinski definition) is 7. The fraction of sp³-hybridized carbons (Fsp3) is 0.269. The fourth-order valence-corrected chi connectivity index (χ4v) is 4.36. The summed E-state index contributed by atoms with van der Waals surface area (Å²) >= 11 is 0. The molecule has 0 amide bonds. The van der Waals surface area contributed by atoms with Gasteiger partial charge in [0.1, 0.15) is 18.3 Å². The largest absolute Gasteiger partial charge is 0.481 e. The summed E-state index contributed by atoms with van der Waals surface area (Å²) in [6.07, 6.45) is 3.30. The Morgan fingerprint density at radius 1 is 1.09 bits per heavy atom. The molecule has 0 saturated carbocycles. The molecule has 182 valence electrons. The van der Waals surface area contributed by atoms with Crippen LogP contribution in [0.2, 0.25) is 0 Å². The number of aromatic nitrogens is 2. The maximum atomic E-state index is 13.7. The fourth-order valence-electron chi connectivity index (χ4n) is 4.36. The summed E-state index contributed by atoms with van der Waals surface area (Å²) in [4.78, 5) is 21.3. The van der Waals surface area contributed by atoms with Crippen LogP contribution in [0, 0.1) is 5.82 Å². The molecule has 35 heavy (non-hydrogen) atoms. The summed E-state index contributed by atoms with van der Waals surface area (Å²) in [7, 11) is 0. The first-order chi connectivity index (χ1) is 16.9. The third-order valence-corrected chi connectivity index (χ3v) is 5.93. The summed E-state index contributed by atoms with van der Waals surface area (Å²) < 4.78 is 13.7. The van der Waals surface area contributed by atoms with Gasteiger partial charge in [0.05, 0.1) is 36.4 Å². The van der Waals surface area contributed by atoms with Crippen LogP contribution in [0.1, 0.15) is 47.9 Å². The number of carboxylic acid groups (broad SMARTS) is 1. The average molecular weight is 479 g/mol. The maximum Gasteiger partial charge on any atom is 0.305 e. The van der Waals surface area contributed by atoms with Crippen molar-refractivity contribution in [3.8, 4) is 0 Å². The van der Waals surface area contributed by atoms with Gasteiger partial charge >= 0.3 is 5.97 Å². The monoisotopic (exact) mass is 478 g/mol. The molecule has 9 heteroatoms. The van der Waals surface area contributed by atoms with E-state index in [-0.39, 0.29) is 30.5 Å². The number of carbonyl (C=O) groups is 1. The molecule has 4 N–H and O–H groups in total. The zero-order valence-corrected chi connectivity index (χ0v) is 18.9. The molecule has 8 nitrogen and oxygen atoms in total. The Labute approximate surface area is 202 Å². The quantitative estimate of drug-likeness (QED) is 0.371. The summed E-state index contributed by atoms with van der Waals surface area (Å²) in [6.45, 7) is 0. The number of aliphatic hydroxyl groups excluding tert-OH is 2. The van der Waals surface area contributed by atoms with Crippen molar-refractivity contribution in [1.82, 2.24) is 20.2 Å². The number of aliphatic carboxylic acids is 1. The van der Waals surface area contributed by atoms with E-state index in [1.165, 1.54) is 24.5 Å². The highest BCUT2D eigenvalue weighted by atomic mass is 19.1. The number of aliphatic hydroxyl groups is 2. The van der Waals surface area contributed by atoms with Crippen LogP contribution in [0.4, 0.5) is 4.39 Å². The highest BCUT2D eigenvalue weighted by Gasteiger charge is 2.42. The zero-order valence-electron chi connectivity index (χ0n) is 18.9. The van der Waals surface area contributed by atoms with Gasteiger partial charge in [-0.05, 0) is 35.4 Å². The van der Waals surface area contributed by atoms with Gasteiger partial charge in [0.25, 0.3) is 0 Å². The standard InChI is InChI=1S/C26H27FN4O4/c27-19-8-6-17(7-9-19)25-24(22-10-12-28-16-29-22)30-26(18-4-2-1-3-5-18)31(25)13-11-20(32)14-21(33)15-23(34)35/h1-13,16,20-21,24-26,30,32-33H,14-15H2,(H,34,35).